The molecule has 0 N–H and O–H groups in total. The van der Waals surface area contributed by atoms with Gasteiger partial charge in [0.15, 0.2) is 4.90 Å². The van der Waals surface area contributed by atoms with Crippen LogP contribution >= 0.6 is 11.6 Å². The highest BCUT2D eigenvalue weighted by atomic mass is 35.5. The maximum Gasteiger partial charge on any atom is 0.179 e. The maximum atomic E-state index is 12.0. The summed E-state index contributed by atoms with van der Waals surface area (Å²) in [6, 6.07) is 17.2. The highest BCUT2D eigenvalue weighted by Gasteiger charge is 2.16. The lowest BCUT2D eigenvalue weighted by atomic mass is 10.1. The van der Waals surface area contributed by atoms with Crippen LogP contribution in [0.1, 0.15) is 0 Å². The smallest absolute Gasteiger partial charge is 0.179 e. The molecule has 1 heterocycles. The van der Waals surface area contributed by atoms with E-state index in [4.69, 9.17) is 11.6 Å². The molecule has 3 rings (SSSR count). The van der Waals surface area contributed by atoms with Gasteiger partial charge in [0.05, 0.1) is 5.52 Å². The van der Waals surface area contributed by atoms with Crippen LogP contribution < -0.4 is 0 Å². The van der Waals surface area contributed by atoms with Gasteiger partial charge in [-0.1, -0.05) is 41.9 Å². The number of para-hydroxylation sites is 1. The highest BCUT2D eigenvalue weighted by Crippen LogP contribution is 2.29. The topological polar surface area (TPSA) is 36.0 Å². The molecule has 4 heteroatoms. The summed E-state index contributed by atoms with van der Waals surface area (Å²) in [5, 5.41) is 1.67. The van der Waals surface area contributed by atoms with E-state index < -0.39 is 11.2 Å². The Bertz CT molecular complexity index is 756. The third-order valence-corrected chi connectivity index (χ3v) is 4.30. The number of fused-ring (bicyclic) bond motifs is 1. The number of rotatable bonds is 2. The van der Waals surface area contributed by atoms with Gasteiger partial charge in [-0.05, 0) is 29.4 Å². The number of hydrogen-bond donors (Lipinski definition) is 0. The Morgan fingerprint density at radius 1 is 1.05 bits per heavy atom. The minimum atomic E-state index is -1.10. The quantitative estimate of drug-likeness (QED) is 0.662. The predicted octanol–water partition coefficient (Wildman–Crippen LogP) is 4.29. The second-order valence-electron chi connectivity index (χ2n) is 4.49. The summed E-state index contributed by atoms with van der Waals surface area (Å²) in [7, 11) is 0. The van der Waals surface area contributed by atoms with Crippen LogP contribution in [0.3, 0.4) is 0 Å². The fraction of sp³-hybridized carbons (Fsp3) is 0.0625. The zero-order valence-electron chi connectivity index (χ0n) is 10.8. The molecule has 0 aliphatic carbocycles. The highest BCUT2D eigenvalue weighted by molar-refractivity contribution is 7.90. The van der Waals surface area contributed by atoms with Crippen molar-refractivity contribution in [3.8, 4) is 11.3 Å². The Morgan fingerprint density at radius 3 is 2.45 bits per heavy atom. The third kappa shape index (κ3) is 2.52. The molecule has 1 unspecified atom stereocenters. The molecule has 0 bridgehead atoms. The monoisotopic (exact) mass is 301 g/mol. The van der Waals surface area contributed by atoms with Crippen molar-refractivity contribution < 1.29 is 4.55 Å². The van der Waals surface area contributed by atoms with Crippen LogP contribution in [0, 0.1) is 0 Å². The Hall–Kier alpha value is -1.55. The largest absolute Gasteiger partial charge is 0.612 e. The summed E-state index contributed by atoms with van der Waals surface area (Å²) in [5.74, 6) is 0. The summed E-state index contributed by atoms with van der Waals surface area (Å²) >= 11 is 4.82. The Kier molecular flexibility index (Phi) is 3.66. The van der Waals surface area contributed by atoms with Gasteiger partial charge in [0, 0.05) is 22.0 Å². The first kappa shape index (κ1) is 13.4. The average molecular weight is 302 g/mol. The average Bonchev–Trinajstić information content (AvgIpc) is 2.46. The zero-order chi connectivity index (χ0) is 14.1. The molecule has 1 aromatic heterocycles. The molecule has 1 atom stereocenters. The molecular formula is C16H12ClNOS. The van der Waals surface area contributed by atoms with Crippen molar-refractivity contribution in [1.29, 1.82) is 0 Å². The van der Waals surface area contributed by atoms with Gasteiger partial charge >= 0.3 is 0 Å². The summed E-state index contributed by atoms with van der Waals surface area (Å²) in [6.07, 6.45) is 1.67. The van der Waals surface area contributed by atoms with Crippen molar-refractivity contribution in [2.45, 2.75) is 4.90 Å². The number of hydrogen-bond acceptors (Lipinski definition) is 2. The lowest BCUT2D eigenvalue weighted by Crippen LogP contribution is -2.02. The van der Waals surface area contributed by atoms with Gasteiger partial charge in [0.2, 0.25) is 0 Å². The summed E-state index contributed by atoms with van der Waals surface area (Å²) in [6.45, 7) is 0. The second kappa shape index (κ2) is 5.44. The van der Waals surface area contributed by atoms with E-state index >= 15 is 0 Å². The minimum Gasteiger partial charge on any atom is -0.612 e. The number of nitrogens with zero attached hydrogens (tertiary/aromatic N) is 1. The van der Waals surface area contributed by atoms with Crippen molar-refractivity contribution in [3.63, 3.8) is 0 Å². The number of halogens is 1. The number of aromatic nitrogens is 1. The summed E-state index contributed by atoms with van der Waals surface area (Å²) in [5.41, 5.74) is 2.57. The summed E-state index contributed by atoms with van der Waals surface area (Å²) < 4.78 is 12.0. The van der Waals surface area contributed by atoms with E-state index in [1.165, 1.54) is 0 Å². The maximum absolute atomic E-state index is 12.0. The lowest BCUT2D eigenvalue weighted by molar-refractivity contribution is 0.601. The molecule has 3 aromatic rings. The third-order valence-electron chi connectivity index (χ3n) is 3.12. The Morgan fingerprint density at radius 2 is 1.75 bits per heavy atom. The van der Waals surface area contributed by atoms with Crippen molar-refractivity contribution in [2.75, 3.05) is 6.26 Å². The first-order chi connectivity index (χ1) is 9.65. The summed E-state index contributed by atoms with van der Waals surface area (Å²) in [4.78, 5) is 5.40. The first-order valence-corrected chi connectivity index (χ1v) is 8.08. The fourth-order valence-electron chi connectivity index (χ4n) is 2.13. The second-order valence-corrected chi connectivity index (χ2v) is 6.27. The zero-order valence-corrected chi connectivity index (χ0v) is 12.4. The number of benzene rings is 2. The molecule has 0 radical (unpaired) electrons. The van der Waals surface area contributed by atoms with Gasteiger partial charge in [0.25, 0.3) is 0 Å². The fourth-order valence-corrected chi connectivity index (χ4v) is 2.98. The molecule has 0 fully saturated rings. The number of pyridine rings is 1. The minimum absolute atomic E-state index is 0.675. The van der Waals surface area contributed by atoms with E-state index in [0.29, 0.717) is 5.02 Å². The molecule has 100 valence electrons. The van der Waals surface area contributed by atoms with E-state index in [1.807, 2.05) is 54.6 Å². The molecular weight excluding hydrogens is 290 g/mol. The molecule has 2 aromatic carbocycles. The van der Waals surface area contributed by atoms with Crippen LogP contribution in [-0.2, 0) is 11.2 Å². The van der Waals surface area contributed by atoms with Crippen LogP contribution in [0.25, 0.3) is 22.2 Å². The van der Waals surface area contributed by atoms with Gasteiger partial charge in [-0.3, -0.25) is 0 Å². The van der Waals surface area contributed by atoms with Gasteiger partial charge in [-0.15, -0.1) is 0 Å². The van der Waals surface area contributed by atoms with Crippen molar-refractivity contribution in [2.24, 2.45) is 0 Å². The predicted molar refractivity (Wildman–Crippen MR) is 84.5 cm³/mol. The van der Waals surface area contributed by atoms with Crippen LogP contribution in [0.15, 0.2) is 59.5 Å². The van der Waals surface area contributed by atoms with Crippen LogP contribution in [-0.4, -0.2) is 15.8 Å². The first-order valence-electron chi connectivity index (χ1n) is 6.14. The SMILES string of the molecule is C[S+]([O-])c1cc2ccccc2nc1-c1ccc(Cl)cc1. The molecule has 0 aliphatic rings. The Labute approximate surface area is 125 Å². The van der Waals surface area contributed by atoms with Gasteiger partial charge < -0.3 is 4.55 Å². The molecule has 2 nitrogen and oxygen atoms in total. The molecule has 20 heavy (non-hydrogen) atoms. The molecule has 0 amide bonds. The normalized spacial score (nSPS) is 12.6. The van der Waals surface area contributed by atoms with Crippen LogP contribution in [0.2, 0.25) is 5.02 Å². The van der Waals surface area contributed by atoms with E-state index in [-0.39, 0.29) is 0 Å². The van der Waals surface area contributed by atoms with Crippen molar-refractivity contribution >= 4 is 33.7 Å². The lowest BCUT2D eigenvalue weighted by Gasteiger charge is -2.11. The van der Waals surface area contributed by atoms with E-state index in [9.17, 15) is 4.55 Å². The van der Waals surface area contributed by atoms with Crippen LogP contribution in [0.4, 0.5) is 0 Å². The molecule has 0 saturated carbocycles. The molecule has 0 aliphatic heterocycles. The van der Waals surface area contributed by atoms with Gasteiger partial charge in [0.1, 0.15) is 11.9 Å². The van der Waals surface area contributed by atoms with E-state index in [0.717, 1.165) is 27.1 Å². The molecule has 0 saturated heterocycles. The van der Waals surface area contributed by atoms with Gasteiger partial charge in [-0.25, -0.2) is 4.98 Å². The van der Waals surface area contributed by atoms with E-state index in [2.05, 4.69) is 4.98 Å². The van der Waals surface area contributed by atoms with Crippen molar-refractivity contribution in [1.82, 2.24) is 4.98 Å². The Balaban J connectivity index is 2.26. The van der Waals surface area contributed by atoms with Crippen molar-refractivity contribution in [3.05, 3.63) is 59.6 Å². The van der Waals surface area contributed by atoms with Gasteiger partial charge in [-0.2, -0.15) is 0 Å². The molecule has 0 spiro atoms. The standard InChI is InChI=1S/C16H12ClNOS/c1-20(19)15-10-12-4-2-3-5-14(12)18-16(15)11-6-8-13(17)9-7-11/h2-10H,1H3. The van der Waals surface area contributed by atoms with Crippen LogP contribution in [0.5, 0.6) is 0 Å². The van der Waals surface area contributed by atoms with E-state index in [1.54, 1.807) is 6.26 Å².